The molecule has 0 aliphatic heterocycles. The lowest BCUT2D eigenvalue weighted by atomic mass is 10.1. The number of carbonyl (C=O) groups is 1. The molecule has 1 aromatic heterocycles. The largest absolute Gasteiger partial charge is 0.476 e. The molecule has 1 aromatic carbocycles. The van der Waals surface area contributed by atoms with Gasteiger partial charge in [-0.25, -0.2) is 9.59 Å². The van der Waals surface area contributed by atoms with Crippen molar-refractivity contribution >= 4 is 5.97 Å². The molecule has 0 aliphatic rings. The van der Waals surface area contributed by atoms with E-state index in [2.05, 4.69) is 5.10 Å². The van der Waals surface area contributed by atoms with Crippen LogP contribution in [-0.4, -0.2) is 25.4 Å². The van der Waals surface area contributed by atoms with Crippen molar-refractivity contribution in [1.29, 1.82) is 0 Å². The third kappa shape index (κ3) is 2.49. The quantitative estimate of drug-likeness (QED) is 0.899. The molecule has 1 N–H and O–H groups in total. The molecule has 0 bridgehead atoms. The number of aromatic nitrogens is 3. The smallest absolute Gasteiger partial charge is 0.362 e. The highest BCUT2D eigenvalue weighted by Crippen LogP contribution is 2.11. The van der Waals surface area contributed by atoms with Crippen molar-refractivity contribution in [2.75, 3.05) is 0 Å². The van der Waals surface area contributed by atoms with Crippen LogP contribution in [0.3, 0.4) is 0 Å². The molecule has 2 rings (SSSR count). The van der Waals surface area contributed by atoms with Crippen LogP contribution in [0.4, 0.5) is 0 Å². The van der Waals surface area contributed by atoms with Gasteiger partial charge in [-0.2, -0.15) is 9.78 Å². The molecule has 0 atom stereocenters. The lowest BCUT2D eigenvalue weighted by Crippen LogP contribution is -2.43. The SMILES string of the molecule is CCn1c(=O)c(C(=O)O)nn(-c2ccc(C)c(C)c2)c1=O. The second kappa shape index (κ2) is 5.35. The number of carboxylic acids is 1. The third-order valence-electron chi connectivity index (χ3n) is 3.31. The van der Waals surface area contributed by atoms with Gasteiger partial charge in [0.15, 0.2) is 0 Å². The Morgan fingerprint density at radius 1 is 1.24 bits per heavy atom. The average Bonchev–Trinajstić information content (AvgIpc) is 2.42. The molecule has 7 nitrogen and oxygen atoms in total. The fourth-order valence-electron chi connectivity index (χ4n) is 1.95. The second-order valence-corrected chi connectivity index (χ2v) is 4.67. The van der Waals surface area contributed by atoms with Crippen LogP contribution in [0.2, 0.25) is 0 Å². The maximum Gasteiger partial charge on any atom is 0.362 e. The average molecular weight is 289 g/mol. The second-order valence-electron chi connectivity index (χ2n) is 4.67. The Kier molecular flexibility index (Phi) is 3.75. The Morgan fingerprint density at radius 2 is 1.90 bits per heavy atom. The summed E-state index contributed by atoms with van der Waals surface area (Å²) in [5.74, 6) is -1.46. The van der Waals surface area contributed by atoms with Crippen molar-refractivity contribution in [1.82, 2.24) is 14.3 Å². The Labute approximate surface area is 120 Å². The van der Waals surface area contributed by atoms with Crippen LogP contribution in [0, 0.1) is 13.8 Å². The van der Waals surface area contributed by atoms with Crippen LogP contribution in [0.25, 0.3) is 5.69 Å². The summed E-state index contributed by atoms with van der Waals surface area (Å²) in [5, 5.41) is 12.7. The van der Waals surface area contributed by atoms with Gasteiger partial charge in [-0.05, 0) is 44.0 Å². The minimum atomic E-state index is -1.46. The van der Waals surface area contributed by atoms with E-state index in [1.165, 1.54) is 0 Å². The van der Waals surface area contributed by atoms with Gasteiger partial charge in [0.25, 0.3) is 5.56 Å². The molecular weight excluding hydrogens is 274 g/mol. The van der Waals surface area contributed by atoms with E-state index in [9.17, 15) is 14.4 Å². The number of hydrogen-bond donors (Lipinski definition) is 1. The first-order valence-corrected chi connectivity index (χ1v) is 6.42. The van der Waals surface area contributed by atoms with Crippen LogP contribution in [0.1, 0.15) is 28.5 Å². The zero-order valence-corrected chi connectivity index (χ0v) is 12.0. The maximum absolute atomic E-state index is 12.3. The summed E-state index contributed by atoms with van der Waals surface area (Å²) in [6.07, 6.45) is 0. The van der Waals surface area contributed by atoms with E-state index in [-0.39, 0.29) is 6.54 Å². The van der Waals surface area contributed by atoms with Gasteiger partial charge >= 0.3 is 11.7 Å². The van der Waals surface area contributed by atoms with Gasteiger partial charge in [0, 0.05) is 6.54 Å². The van der Waals surface area contributed by atoms with Gasteiger partial charge in [-0.15, -0.1) is 0 Å². The van der Waals surface area contributed by atoms with Crippen molar-refractivity contribution in [3.05, 3.63) is 55.9 Å². The van der Waals surface area contributed by atoms with Crippen LogP contribution < -0.4 is 11.2 Å². The summed E-state index contributed by atoms with van der Waals surface area (Å²) in [5.41, 5.74) is 0.176. The standard InChI is InChI=1S/C14H15N3O4/c1-4-16-12(18)11(13(19)20)15-17(14(16)21)10-6-5-8(2)9(3)7-10/h5-7H,4H2,1-3H3,(H,19,20). The minimum absolute atomic E-state index is 0.0747. The fraction of sp³-hybridized carbons (Fsp3) is 0.286. The molecule has 0 amide bonds. The van der Waals surface area contributed by atoms with Gasteiger partial charge in [-0.3, -0.25) is 9.36 Å². The highest BCUT2D eigenvalue weighted by Gasteiger charge is 2.18. The Bertz CT molecular complexity index is 833. The first kappa shape index (κ1) is 14.7. The number of carboxylic acid groups (broad SMARTS) is 1. The number of aryl methyl sites for hydroxylation is 2. The van der Waals surface area contributed by atoms with E-state index in [4.69, 9.17) is 5.11 Å². The highest BCUT2D eigenvalue weighted by molar-refractivity contribution is 5.84. The summed E-state index contributed by atoms with van der Waals surface area (Å²) in [6.45, 7) is 5.47. The number of aromatic carboxylic acids is 1. The van der Waals surface area contributed by atoms with Crippen LogP contribution in [-0.2, 0) is 6.54 Å². The van der Waals surface area contributed by atoms with Gasteiger partial charge in [0.05, 0.1) is 5.69 Å². The molecule has 7 heteroatoms. The molecule has 110 valence electrons. The molecular formula is C14H15N3O4. The molecule has 0 saturated carbocycles. The number of nitrogens with zero attached hydrogens (tertiary/aromatic N) is 3. The molecule has 1 heterocycles. The van der Waals surface area contributed by atoms with Crippen molar-refractivity contribution in [3.63, 3.8) is 0 Å². The maximum atomic E-state index is 12.3. The topological polar surface area (TPSA) is 94.2 Å². The van der Waals surface area contributed by atoms with Gasteiger partial charge in [-0.1, -0.05) is 6.07 Å². The minimum Gasteiger partial charge on any atom is -0.476 e. The number of hydrogen-bond acceptors (Lipinski definition) is 4. The highest BCUT2D eigenvalue weighted by atomic mass is 16.4. The summed E-state index contributed by atoms with van der Waals surface area (Å²) >= 11 is 0. The van der Waals surface area contributed by atoms with E-state index in [1.54, 1.807) is 25.1 Å². The molecule has 2 aromatic rings. The monoisotopic (exact) mass is 289 g/mol. The predicted octanol–water partition coefficient (Wildman–Crippen LogP) is 0.729. The van der Waals surface area contributed by atoms with Crippen molar-refractivity contribution < 1.29 is 9.90 Å². The molecule has 0 aliphatic carbocycles. The van der Waals surface area contributed by atoms with Crippen LogP contribution in [0.5, 0.6) is 0 Å². The molecule has 0 fully saturated rings. The summed E-state index contributed by atoms with van der Waals surface area (Å²) in [4.78, 5) is 35.3. The molecule has 21 heavy (non-hydrogen) atoms. The molecule has 0 radical (unpaired) electrons. The predicted molar refractivity (Wildman–Crippen MR) is 76.2 cm³/mol. The fourth-order valence-corrected chi connectivity index (χ4v) is 1.95. The van der Waals surface area contributed by atoms with Crippen molar-refractivity contribution in [2.24, 2.45) is 0 Å². The van der Waals surface area contributed by atoms with E-state index in [0.717, 1.165) is 20.4 Å². The summed E-state index contributed by atoms with van der Waals surface area (Å²) in [6, 6.07) is 5.19. The van der Waals surface area contributed by atoms with Crippen molar-refractivity contribution in [3.8, 4) is 5.69 Å². The van der Waals surface area contributed by atoms with E-state index in [0.29, 0.717) is 5.69 Å². The Balaban J connectivity index is 2.83. The number of benzene rings is 1. The number of rotatable bonds is 3. The Hall–Kier alpha value is -2.70. The zero-order chi connectivity index (χ0) is 15.7. The summed E-state index contributed by atoms with van der Waals surface area (Å²) < 4.78 is 1.80. The van der Waals surface area contributed by atoms with Gasteiger partial charge in [0.1, 0.15) is 0 Å². The molecule has 0 saturated heterocycles. The van der Waals surface area contributed by atoms with Gasteiger partial charge < -0.3 is 5.11 Å². The van der Waals surface area contributed by atoms with Gasteiger partial charge in [0.2, 0.25) is 5.69 Å². The lowest BCUT2D eigenvalue weighted by molar-refractivity contribution is 0.0684. The zero-order valence-electron chi connectivity index (χ0n) is 12.0. The first-order chi connectivity index (χ1) is 9.86. The molecule has 0 unspecified atom stereocenters. The summed E-state index contributed by atoms with van der Waals surface area (Å²) in [7, 11) is 0. The van der Waals surface area contributed by atoms with E-state index >= 15 is 0 Å². The van der Waals surface area contributed by atoms with Crippen molar-refractivity contribution in [2.45, 2.75) is 27.3 Å². The van der Waals surface area contributed by atoms with E-state index < -0.39 is 22.9 Å². The molecule has 0 spiro atoms. The third-order valence-corrected chi connectivity index (χ3v) is 3.31. The Morgan fingerprint density at radius 3 is 2.43 bits per heavy atom. The van der Waals surface area contributed by atoms with E-state index in [1.807, 2.05) is 13.8 Å². The lowest BCUT2D eigenvalue weighted by Gasteiger charge is -2.10. The first-order valence-electron chi connectivity index (χ1n) is 6.42. The van der Waals surface area contributed by atoms with Crippen LogP contribution in [0.15, 0.2) is 27.8 Å². The van der Waals surface area contributed by atoms with Crippen LogP contribution >= 0.6 is 0 Å². The normalized spacial score (nSPS) is 10.6.